The number of carboxylic acid groups (broad SMARTS) is 2. The number of nitrogens with two attached hydrogens (primary N) is 3. The third-order valence-electron chi connectivity index (χ3n) is 4.35. The Morgan fingerprint density at radius 2 is 1.79 bits per heavy atom. The number of nitrogens with zero attached hydrogens (tertiary/aromatic N) is 2. The Bertz CT molecular complexity index is 884. The van der Waals surface area contributed by atoms with Gasteiger partial charge in [0, 0.05) is 24.9 Å². The average Bonchev–Trinajstić information content (AvgIpc) is 3.26. The Labute approximate surface area is 193 Å². The first kappa shape index (κ1) is 27.8. The monoisotopic (exact) mass is 483 g/mol. The number of aromatic nitrogens is 2. The number of imidazole rings is 1. The summed E-state index contributed by atoms with van der Waals surface area (Å²) in [6.07, 6.45) is 2.44. The van der Waals surface area contributed by atoms with Crippen LogP contribution in [0, 0.1) is 0 Å². The summed E-state index contributed by atoms with van der Waals surface area (Å²) in [6.45, 7) is -0.419. The molecule has 3 atom stereocenters. The molecule has 34 heavy (non-hydrogen) atoms. The summed E-state index contributed by atoms with van der Waals surface area (Å²) in [7, 11) is 0. The molecule has 0 fully saturated rings. The Hall–Kier alpha value is -4.21. The van der Waals surface area contributed by atoms with Crippen molar-refractivity contribution in [3.63, 3.8) is 0 Å². The molecule has 16 heteroatoms. The van der Waals surface area contributed by atoms with Crippen LogP contribution in [0.2, 0.25) is 0 Å². The van der Waals surface area contributed by atoms with Gasteiger partial charge >= 0.3 is 11.9 Å². The maximum Gasteiger partial charge on any atom is 0.326 e. The maximum atomic E-state index is 12.4. The average molecular weight is 483 g/mol. The lowest BCUT2D eigenvalue weighted by Gasteiger charge is -2.20. The van der Waals surface area contributed by atoms with Gasteiger partial charge in [0.25, 0.3) is 0 Å². The number of aliphatic imine (C=N–C) groups is 1. The van der Waals surface area contributed by atoms with E-state index in [9.17, 15) is 29.1 Å². The molecule has 1 heterocycles. The molecule has 188 valence electrons. The standard InChI is InChI=1S/C18H29N9O7/c19-10(2-1-3-23-18(20)21)15(31)27-11(5-14(29)30)16(32)24-7-13(28)26-12(17(33)34)4-9-6-22-8-25-9/h6,8,10-12H,1-5,7,19H2,(H,22,25)(H,24,32)(H,26,28)(H,27,31)(H,29,30)(H,33,34)(H4,20,21,23). The second-order valence-electron chi connectivity index (χ2n) is 7.17. The van der Waals surface area contributed by atoms with Crippen molar-refractivity contribution in [1.29, 1.82) is 0 Å². The summed E-state index contributed by atoms with van der Waals surface area (Å²) >= 11 is 0. The number of hydrogen-bond donors (Lipinski definition) is 9. The van der Waals surface area contributed by atoms with Crippen molar-refractivity contribution < 1.29 is 34.2 Å². The summed E-state index contributed by atoms with van der Waals surface area (Å²) in [5.41, 5.74) is 16.6. The molecule has 1 rings (SSSR count). The van der Waals surface area contributed by atoms with E-state index in [2.05, 4.69) is 30.9 Å². The number of carbonyl (C=O) groups excluding carboxylic acids is 3. The fourth-order valence-electron chi connectivity index (χ4n) is 2.67. The second kappa shape index (κ2) is 14.0. The summed E-state index contributed by atoms with van der Waals surface area (Å²) in [6, 6.07) is -3.86. The van der Waals surface area contributed by atoms with Crippen LogP contribution >= 0.6 is 0 Å². The molecule has 0 spiro atoms. The van der Waals surface area contributed by atoms with E-state index in [0.717, 1.165) is 0 Å². The zero-order valence-corrected chi connectivity index (χ0v) is 18.2. The van der Waals surface area contributed by atoms with E-state index < -0.39 is 60.8 Å². The highest BCUT2D eigenvalue weighted by atomic mass is 16.4. The number of carbonyl (C=O) groups is 5. The fourth-order valence-corrected chi connectivity index (χ4v) is 2.67. The minimum absolute atomic E-state index is 0.0756. The molecule has 0 radical (unpaired) electrons. The smallest absolute Gasteiger partial charge is 0.326 e. The molecule has 0 bridgehead atoms. The summed E-state index contributed by atoms with van der Waals surface area (Å²) < 4.78 is 0. The van der Waals surface area contributed by atoms with E-state index in [1.807, 2.05) is 0 Å². The van der Waals surface area contributed by atoms with Crippen molar-refractivity contribution in [3.05, 3.63) is 18.2 Å². The molecule has 0 saturated heterocycles. The number of amides is 3. The molecule has 12 N–H and O–H groups in total. The quantitative estimate of drug-likeness (QED) is 0.0657. The van der Waals surface area contributed by atoms with Gasteiger partial charge in [-0.15, -0.1) is 0 Å². The number of hydrogen-bond acceptors (Lipinski definition) is 8. The lowest BCUT2D eigenvalue weighted by atomic mass is 10.1. The van der Waals surface area contributed by atoms with Crippen LogP contribution in [-0.4, -0.2) is 87.0 Å². The first-order chi connectivity index (χ1) is 16.0. The number of aromatic amines is 1. The molecule has 0 saturated carbocycles. The van der Waals surface area contributed by atoms with Gasteiger partial charge in [-0.1, -0.05) is 0 Å². The Kier molecular flexibility index (Phi) is 11.5. The lowest BCUT2D eigenvalue weighted by molar-refractivity contribution is -0.142. The van der Waals surface area contributed by atoms with Crippen LogP contribution in [0.4, 0.5) is 0 Å². The lowest BCUT2D eigenvalue weighted by Crippen LogP contribution is -2.54. The fraction of sp³-hybridized carbons (Fsp3) is 0.500. The van der Waals surface area contributed by atoms with Crippen molar-refractivity contribution in [2.75, 3.05) is 13.1 Å². The molecular formula is C18H29N9O7. The van der Waals surface area contributed by atoms with Crippen LogP contribution in [0.3, 0.4) is 0 Å². The number of carboxylic acids is 2. The van der Waals surface area contributed by atoms with Crippen molar-refractivity contribution in [3.8, 4) is 0 Å². The van der Waals surface area contributed by atoms with E-state index in [1.165, 1.54) is 12.5 Å². The molecular weight excluding hydrogens is 454 g/mol. The van der Waals surface area contributed by atoms with Crippen LogP contribution in [-0.2, 0) is 30.4 Å². The zero-order valence-electron chi connectivity index (χ0n) is 18.2. The highest BCUT2D eigenvalue weighted by Gasteiger charge is 2.27. The number of nitrogens with one attached hydrogen (secondary N) is 4. The Morgan fingerprint density at radius 1 is 1.09 bits per heavy atom. The van der Waals surface area contributed by atoms with Crippen LogP contribution in [0.15, 0.2) is 17.5 Å². The minimum atomic E-state index is -1.51. The van der Waals surface area contributed by atoms with Crippen LogP contribution < -0.4 is 33.2 Å². The minimum Gasteiger partial charge on any atom is -0.481 e. The van der Waals surface area contributed by atoms with Crippen LogP contribution in [0.1, 0.15) is 25.0 Å². The van der Waals surface area contributed by atoms with E-state index in [4.69, 9.17) is 22.3 Å². The summed E-state index contributed by atoms with van der Waals surface area (Å²) in [5.74, 6) is -5.37. The highest BCUT2D eigenvalue weighted by Crippen LogP contribution is 2.00. The molecule has 0 aromatic carbocycles. The SMILES string of the molecule is NC(N)=NCCCC(N)C(=O)NC(CC(=O)O)C(=O)NCC(=O)NC(Cc1cnc[nH]1)C(=O)O. The Morgan fingerprint density at radius 3 is 2.35 bits per heavy atom. The maximum absolute atomic E-state index is 12.4. The third-order valence-corrected chi connectivity index (χ3v) is 4.35. The predicted octanol–water partition coefficient (Wildman–Crippen LogP) is -4.02. The third kappa shape index (κ3) is 10.9. The summed E-state index contributed by atoms with van der Waals surface area (Å²) in [4.78, 5) is 69.4. The van der Waals surface area contributed by atoms with Crippen molar-refractivity contribution in [1.82, 2.24) is 25.9 Å². The first-order valence-corrected chi connectivity index (χ1v) is 10.1. The summed E-state index contributed by atoms with van der Waals surface area (Å²) in [5, 5.41) is 24.9. The number of H-pyrrole nitrogens is 1. The van der Waals surface area contributed by atoms with Gasteiger partial charge in [-0.3, -0.25) is 24.2 Å². The van der Waals surface area contributed by atoms with Gasteiger partial charge < -0.3 is 48.3 Å². The number of guanidine groups is 1. The highest BCUT2D eigenvalue weighted by molar-refractivity contribution is 5.94. The molecule has 3 unspecified atom stereocenters. The zero-order chi connectivity index (χ0) is 25.7. The van der Waals surface area contributed by atoms with Gasteiger partial charge in [0.05, 0.1) is 25.3 Å². The molecule has 0 aliphatic heterocycles. The number of rotatable bonds is 15. The Balaban J connectivity index is 2.60. The van der Waals surface area contributed by atoms with Gasteiger partial charge in [0.1, 0.15) is 12.1 Å². The van der Waals surface area contributed by atoms with E-state index in [0.29, 0.717) is 12.1 Å². The van der Waals surface area contributed by atoms with E-state index in [1.54, 1.807) is 0 Å². The van der Waals surface area contributed by atoms with Gasteiger partial charge in [-0.25, -0.2) is 9.78 Å². The van der Waals surface area contributed by atoms with Crippen LogP contribution in [0.5, 0.6) is 0 Å². The van der Waals surface area contributed by atoms with Crippen molar-refractivity contribution in [2.24, 2.45) is 22.2 Å². The predicted molar refractivity (Wildman–Crippen MR) is 117 cm³/mol. The van der Waals surface area contributed by atoms with Gasteiger partial charge in [0.15, 0.2) is 5.96 Å². The van der Waals surface area contributed by atoms with E-state index >= 15 is 0 Å². The molecule has 1 aromatic rings. The van der Waals surface area contributed by atoms with Gasteiger partial charge in [-0.2, -0.15) is 0 Å². The van der Waals surface area contributed by atoms with E-state index in [-0.39, 0.29) is 25.3 Å². The molecule has 0 aliphatic rings. The van der Waals surface area contributed by atoms with Gasteiger partial charge in [0.2, 0.25) is 17.7 Å². The second-order valence-corrected chi connectivity index (χ2v) is 7.17. The first-order valence-electron chi connectivity index (χ1n) is 10.1. The molecule has 3 amide bonds. The van der Waals surface area contributed by atoms with Crippen LogP contribution in [0.25, 0.3) is 0 Å². The molecule has 0 aliphatic carbocycles. The van der Waals surface area contributed by atoms with Crippen molar-refractivity contribution >= 4 is 35.6 Å². The number of aliphatic carboxylic acids is 2. The van der Waals surface area contributed by atoms with Crippen molar-refractivity contribution in [2.45, 2.75) is 43.8 Å². The largest absolute Gasteiger partial charge is 0.481 e. The molecule has 16 nitrogen and oxygen atoms in total. The molecule has 1 aromatic heterocycles. The normalized spacial score (nSPS) is 13.1. The topological polar surface area (TPSA) is 281 Å². The van der Waals surface area contributed by atoms with Gasteiger partial charge in [-0.05, 0) is 12.8 Å².